The smallest absolute Gasteiger partial charge is 0.308 e. The number of carbonyl (C=O) groups is 1. The second kappa shape index (κ2) is 9.30. The molecule has 5 unspecified atom stereocenters. The van der Waals surface area contributed by atoms with Crippen molar-refractivity contribution >= 4 is 81.1 Å². The molecule has 3 aliphatic rings. The number of halogens is 4. The molecule has 0 saturated heterocycles. The maximum absolute atomic E-state index is 13.2. The summed E-state index contributed by atoms with van der Waals surface area (Å²) in [6.07, 6.45) is 3.66. The quantitative estimate of drug-likeness (QED) is 0.339. The lowest BCUT2D eigenvalue weighted by Gasteiger charge is -2.40. The van der Waals surface area contributed by atoms with E-state index < -0.39 is 0 Å². The number of carbonyl (C=O) groups excluding carboxylic acids is 1. The topological polar surface area (TPSA) is 51.1 Å². The predicted molar refractivity (Wildman–Crippen MR) is 146 cm³/mol. The van der Waals surface area contributed by atoms with Crippen molar-refractivity contribution in [2.75, 3.05) is 5.32 Å². The number of thioether (sulfide) groups is 1. The van der Waals surface area contributed by atoms with Gasteiger partial charge in [-0.25, -0.2) is 0 Å². The van der Waals surface area contributed by atoms with E-state index >= 15 is 0 Å². The van der Waals surface area contributed by atoms with Crippen LogP contribution in [-0.2, 0) is 11.3 Å². The van der Waals surface area contributed by atoms with Crippen LogP contribution in [0, 0.1) is 17.8 Å². The number of nitrogens with zero attached hydrogens (tertiary/aromatic N) is 1. The van der Waals surface area contributed by atoms with Crippen molar-refractivity contribution in [3.05, 3.63) is 76.6 Å². The zero-order valence-corrected chi connectivity index (χ0v) is 22.9. The van der Waals surface area contributed by atoms with Crippen LogP contribution in [0.1, 0.15) is 35.6 Å². The maximum Gasteiger partial charge on any atom is 0.308 e. The number of hydrogen-bond acceptors (Lipinski definition) is 4. The van der Waals surface area contributed by atoms with E-state index in [1.807, 2.05) is 12.1 Å². The standard InChI is InChI=1S/C25H20Cl4N2O2S2/c26-15-7-6-13(9-17(15)28)30-18(32)10-31-24-23(35-25(31)33)20(14-2-1-3-16(27)21(14)29)19-11-4-5-12(8-11)22(19)34-24/h1-3,6-7,9,11-12,19-20,22H,4-5,8,10H2,(H,30,32). The highest BCUT2D eigenvalue weighted by Gasteiger charge is 2.55. The number of amides is 1. The summed E-state index contributed by atoms with van der Waals surface area (Å²) in [6, 6.07) is 10.7. The van der Waals surface area contributed by atoms with Gasteiger partial charge in [0.05, 0.1) is 25.1 Å². The van der Waals surface area contributed by atoms with Gasteiger partial charge in [0.15, 0.2) is 0 Å². The van der Waals surface area contributed by atoms with Crippen molar-refractivity contribution in [3.63, 3.8) is 0 Å². The molecule has 0 radical (unpaired) electrons. The highest BCUT2D eigenvalue weighted by Crippen LogP contribution is 2.64. The average molecular weight is 586 g/mol. The van der Waals surface area contributed by atoms with Crippen LogP contribution < -0.4 is 10.2 Å². The Hall–Kier alpha value is -1.15. The van der Waals surface area contributed by atoms with Crippen LogP contribution in [-0.4, -0.2) is 15.7 Å². The molecule has 1 aromatic heterocycles. The SMILES string of the molecule is O=C(Cn1c2c(sc1=O)C(c1cccc(Cl)c1Cl)C1C3CCC(C3)C1S2)Nc1ccc(Cl)c(Cl)c1. The highest BCUT2D eigenvalue weighted by atomic mass is 35.5. The zero-order valence-electron chi connectivity index (χ0n) is 18.3. The number of benzene rings is 2. The first-order chi connectivity index (χ1) is 16.8. The molecule has 35 heavy (non-hydrogen) atoms. The highest BCUT2D eigenvalue weighted by molar-refractivity contribution is 8.00. The number of aromatic nitrogens is 1. The summed E-state index contributed by atoms with van der Waals surface area (Å²) in [5.74, 6) is 1.37. The van der Waals surface area contributed by atoms with Gasteiger partial charge in [0.2, 0.25) is 5.91 Å². The van der Waals surface area contributed by atoms with Gasteiger partial charge >= 0.3 is 4.87 Å². The molecule has 2 saturated carbocycles. The van der Waals surface area contributed by atoms with Gasteiger partial charge in [-0.05, 0) is 66.8 Å². The molecule has 2 bridgehead atoms. The van der Waals surface area contributed by atoms with Crippen molar-refractivity contribution in [3.8, 4) is 0 Å². The predicted octanol–water partition coefficient (Wildman–Crippen LogP) is 7.81. The Morgan fingerprint density at radius 2 is 1.83 bits per heavy atom. The van der Waals surface area contributed by atoms with Gasteiger partial charge in [-0.3, -0.25) is 14.2 Å². The number of rotatable bonds is 4. The van der Waals surface area contributed by atoms with E-state index in [0.717, 1.165) is 15.5 Å². The van der Waals surface area contributed by atoms with Gasteiger partial charge in [0.25, 0.3) is 0 Å². The molecular weight excluding hydrogens is 566 g/mol. The molecule has 10 heteroatoms. The summed E-state index contributed by atoms with van der Waals surface area (Å²) >= 11 is 28.2. The summed E-state index contributed by atoms with van der Waals surface area (Å²) < 4.78 is 1.62. The van der Waals surface area contributed by atoms with Crippen LogP contribution >= 0.6 is 69.5 Å². The maximum atomic E-state index is 13.2. The molecule has 2 aromatic carbocycles. The fraction of sp³-hybridized carbons (Fsp3) is 0.360. The fourth-order valence-corrected chi connectivity index (χ4v) is 9.98. The van der Waals surface area contributed by atoms with E-state index in [4.69, 9.17) is 46.4 Å². The van der Waals surface area contributed by atoms with Crippen molar-refractivity contribution in [2.45, 2.75) is 42.0 Å². The van der Waals surface area contributed by atoms with E-state index in [0.29, 0.717) is 48.8 Å². The van der Waals surface area contributed by atoms with Crippen LogP contribution in [0.2, 0.25) is 20.1 Å². The van der Waals surface area contributed by atoms with Gasteiger partial charge in [-0.2, -0.15) is 0 Å². The molecule has 4 nitrogen and oxygen atoms in total. The fourth-order valence-electron chi connectivity index (χ4n) is 6.11. The second-order valence-electron chi connectivity index (χ2n) is 9.41. The summed E-state index contributed by atoms with van der Waals surface area (Å²) in [4.78, 5) is 27.0. The summed E-state index contributed by atoms with van der Waals surface area (Å²) in [5, 5.41) is 5.97. The Morgan fingerprint density at radius 3 is 2.63 bits per heavy atom. The summed E-state index contributed by atoms with van der Waals surface area (Å²) in [5.41, 5.74) is 1.52. The van der Waals surface area contributed by atoms with Crippen molar-refractivity contribution in [1.29, 1.82) is 0 Å². The normalized spacial score (nSPS) is 26.5. The lowest BCUT2D eigenvalue weighted by Crippen LogP contribution is -2.35. The molecule has 182 valence electrons. The number of nitrogens with one attached hydrogen (secondary N) is 1. The molecular formula is C25H20Cl4N2O2S2. The average Bonchev–Trinajstić information content (AvgIpc) is 3.52. The number of fused-ring (bicyclic) bond motifs is 6. The van der Waals surface area contributed by atoms with E-state index in [2.05, 4.69) is 5.32 Å². The van der Waals surface area contributed by atoms with E-state index in [-0.39, 0.29) is 23.2 Å². The molecule has 3 aromatic rings. The third kappa shape index (κ3) is 4.14. The minimum atomic E-state index is -0.293. The lowest BCUT2D eigenvalue weighted by atomic mass is 9.75. The van der Waals surface area contributed by atoms with Crippen LogP contribution in [0.3, 0.4) is 0 Å². The summed E-state index contributed by atoms with van der Waals surface area (Å²) in [7, 11) is 0. The molecule has 6 rings (SSSR count). The van der Waals surface area contributed by atoms with Gasteiger partial charge < -0.3 is 5.32 Å². The second-order valence-corrected chi connectivity index (χ2v) is 13.2. The Kier molecular flexibility index (Phi) is 6.43. The van der Waals surface area contributed by atoms with Gasteiger partial charge in [0, 0.05) is 21.7 Å². The monoisotopic (exact) mass is 584 g/mol. The van der Waals surface area contributed by atoms with Gasteiger partial charge in [0.1, 0.15) is 6.54 Å². The number of thiazole rings is 1. The third-order valence-corrected chi connectivity index (χ3v) is 11.9. The molecule has 0 spiro atoms. The molecule has 5 atom stereocenters. The first-order valence-corrected chi connectivity index (χ1v) is 14.6. The van der Waals surface area contributed by atoms with Crippen LogP contribution in [0.25, 0.3) is 0 Å². The minimum Gasteiger partial charge on any atom is -0.324 e. The Labute approximate surface area is 230 Å². The Bertz CT molecular complexity index is 1400. The van der Waals surface area contributed by atoms with E-state index in [1.165, 1.54) is 30.6 Å². The zero-order chi connectivity index (χ0) is 24.4. The number of anilines is 1. The molecule has 1 amide bonds. The van der Waals surface area contributed by atoms with Crippen LogP contribution in [0.15, 0.2) is 46.2 Å². The minimum absolute atomic E-state index is 0.00910. The van der Waals surface area contributed by atoms with Crippen LogP contribution in [0.4, 0.5) is 5.69 Å². The lowest BCUT2D eigenvalue weighted by molar-refractivity contribution is -0.116. The molecule has 2 fully saturated rings. The molecule has 1 aliphatic heterocycles. The third-order valence-electron chi connectivity index (χ3n) is 7.51. The van der Waals surface area contributed by atoms with Crippen molar-refractivity contribution in [1.82, 2.24) is 4.57 Å². The number of hydrogen-bond donors (Lipinski definition) is 1. The first kappa shape index (κ1) is 24.2. The van der Waals surface area contributed by atoms with Crippen molar-refractivity contribution in [2.24, 2.45) is 17.8 Å². The summed E-state index contributed by atoms with van der Waals surface area (Å²) in [6.45, 7) is -0.0700. The molecule has 1 N–H and O–H groups in total. The van der Waals surface area contributed by atoms with Gasteiger partial charge in [-0.1, -0.05) is 69.9 Å². The van der Waals surface area contributed by atoms with Gasteiger partial charge in [-0.15, -0.1) is 11.8 Å². The molecule has 2 aliphatic carbocycles. The van der Waals surface area contributed by atoms with E-state index in [9.17, 15) is 9.59 Å². The largest absolute Gasteiger partial charge is 0.324 e. The molecule has 2 heterocycles. The van der Waals surface area contributed by atoms with Crippen molar-refractivity contribution < 1.29 is 4.79 Å². The van der Waals surface area contributed by atoms with Crippen LogP contribution in [0.5, 0.6) is 0 Å². The Balaban J connectivity index is 1.38. The Morgan fingerprint density at radius 1 is 1.03 bits per heavy atom. The first-order valence-electron chi connectivity index (χ1n) is 11.4. The van der Waals surface area contributed by atoms with E-state index in [1.54, 1.807) is 40.6 Å².